The van der Waals surface area contributed by atoms with Gasteiger partial charge in [-0.15, -0.1) is 11.3 Å². The minimum Gasteiger partial charge on any atom is -0.378 e. The fourth-order valence-corrected chi connectivity index (χ4v) is 4.35. The first-order valence-electron chi connectivity index (χ1n) is 9.20. The Kier molecular flexibility index (Phi) is 5.48. The number of nitrogens with one attached hydrogen (secondary N) is 2. The van der Waals surface area contributed by atoms with E-state index in [4.69, 9.17) is 4.74 Å². The summed E-state index contributed by atoms with van der Waals surface area (Å²) >= 11 is 1.59. The molecule has 6 nitrogen and oxygen atoms in total. The van der Waals surface area contributed by atoms with Gasteiger partial charge in [-0.25, -0.2) is 4.98 Å². The van der Waals surface area contributed by atoms with Gasteiger partial charge in [0.1, 0.15) is 5.69 Å². The van der Waals surface area contributed by atoms with Crippen molar-refractivity contribution < 1.29 is 9.53 Å². The van der Waals surface area contributed by atoms with E-state index in [1.165, 1.54) is 6.42 Å². The summed E-state index contributed by atoms with van der Waals surface area (Å²) in [5, 5.41) is 9.27. The monoisotopic (exact) mass is 372 g/mol. The number of morpholine rings is 1. The molecule has 0 spiro atoms. The van der Waals surface area contributed by atoms with Crippen molar-refractivity contribution in [3.63, 3.8) is 0 Å². The van der Waals surface area contributed by atoms with Gasteiger partial charge in [-0.3, -0.25) is 4.79 Å². The number of piperidine rings is 1. The summed E-state index contributed by atoms with van der Waals surface area (Å²) in [6, 6.07) is 7.98. The van der Waals surface area contributed by atoms with Crippen LogP contribution in [0.3, 0.4) is 0 Å². The molecule has 1 aromatic heterocycles. The van der Waals surface area contributed by atoms with Gasteiger partial charge >= 0.3 is 0 Å². The van der Waals surface area contributed by atoms with E-state index in [9.17, 15) is 4.79 Å². The molecule has 7 heteroatoms. The van der Waals surface area contributed by atoms with Crippen LogP contribution in [0.2, 0.25) is 0 Å². The molecule has 138 valence electrons. The van der Waals surface area contributed by atoms with E-state index in [1.807, 2.05) is 29.6 Å². The molecule has 2 fully saturated rings. The Bertz CT molecular complexity index is 734. The van der Waals surface area contributed by atoms with Crippen LogP contribution in [0.5, 0.6) is 0 Å². The molecule has 2 aromatic rings. The Morgan fingerprint density at radius 2 is 2.08 bits per heavy atom. The van der Waals surface area contributed by atoms with Crippen molar-refractivity contribution in [1.82, 2.24) is 10.3 Å². The molecule has 2 saturated heterocycles. The molecule has 1 unspecified atom stereocenters. The summed E-state index contributed by atoms with van der Waals surface area (Å²) in [5.41, 5.74) is 2.46. The van der Waals surface area contributed by atoms with Crippen LogP contribution in [-0.4, -0.2) is 50.3 Å². The van der Waals surface area contributed by atoms with E-state index in [1.54, 1.807) is 11.3 Å². The first-order chi connectivity index (χ1) is 12.8. The highest BCUT2D eigenvalue weighted by atomic mass is 32.1. The maximum atomic E-state index is 12.5. The number of carbonyl (C=O) groups is 1. The van der Waals surface area contributed by atoms with Crippen LogP contribution >= 0.6 is 11.3 Å². The molecule has 3 heterocycles. The molecule has 1 atom stereocenters. The van der Waals surface area contributed by atoms with Crippen LogP contribution in [0.1, 0.15) is 34.3 Å². The summed E-state index contributed by atoms with van der Waals surface area (Å²) in [6.07, 6.45) is 2.31. The van der Waals surface area contributed by atoms with Crippen molar-refractivity contribution >= 4 is 28.6 Å². The predicted octanol–water partition coefficient (Wildman–Crippen LogP) is 2.70. The zero-order valence-electron chi connectivity index (χ0n) is 14.7. The number of aromatic nitrogens is 1. The van der Waals surface area contributed by atoms with Crippen molar-refractivity contribution in [1.29, 1.82) is 0 Å². The van der Waals surface area contributed by atoms with E-state index in [-0.39, 0.29) is 5.91 Å². The largest absolute Gasteiger partial charge is 0.378 e. The molecule has 2 aliphatic heterocycles. The fourth-order valence-electron chi connectivity index (χ4n) is 3.41. The normalized spacial score (nSPS) is 20.8. The number of carbonyl (C=O) groups excluding carboxylic acids is 1. The molecule has 1 aromatic carbocycles. The molecular formula is C19H24N4O2S. The molecule has 4 rings (SSSR count). The molecule has 1 amide bonds. The first-order valence-corrected chi connectivity index (χ1v) is 10.1. The highest BCUT2D eigenvalue weighted by Crippen LogP contribution is 2.26. The molecule has 2 aliphatic rings. The summed E-state index contributed by atoms with van der Waals surface area (Å²) in [7, 11) is 0. The van der Waals surface area contributed by atoms with E-state index in [0.717, 1.165) is 62.2 Å². The second kappa shape index (κ2) is 8.16. The lowest BCUT2D eigenvalue weighted by Crippen LogP contribution is -2.36. The van der Waals surface area contributed by atoms with Gasteiger partial charge in [0.25, 0.3) is 5.91 Å². The Balaban J connectivity index is 1.37. The first kappa shape index (κ1) is 17.5. The number of hydrogen-bond acceptors (Lipinski definition) is 6. The van der Waals surface area contributed by atoms with E-state index in [0.29, 0.717) is 11.6 Å². The molecule has 0 radical (unpaired) electrons. The molecule has 0 aliphatic carbocycles. The smallest absolute Gasteiger partial charge is 0.275 e. The highest BCUT2D eigenvalue weighted by Gasteiger charge is 2.20. The fraction of sp³-hybridized carbons (Fsp3) is 0.474. The average molecular weight is 372 g/mol. The number of rotatable bonds is 4. The average Bonchev–Trinajstić information content (AvgIpc) is 3.20. The van der Waals surface area contributed by atoms with Gasteiger partial charge in [0.15, 0.2) is 0 Å². The Hall–Kier alpha value is -1.96. The summed E-state index contributed by atoms with van der Waals surface area (Å²) in [6.45, 7) is 5.38. The zero-order valence-corrected chi connectivity index (χ0v) is 15.6. The van der Waals surface area contributed by atoms with Gasteiger partial charge in [-0.05, 0) is 43.7 Å². The minimum atomic E-state index is -0.143. The predicted molar refractivity (Wildman–Crippen MR) is 104 cm³/mol. The number of nitrogens with zero attached hydrogens (tertiary/aromatic N) is 2. The molecule has 2 N–H and O–H groups in total. The van der Waals surface area contributed by atoms with E-state index in [2.05, 4.69) is 20.5 Å². The van der Waals surface area contributed by atoms with Crippen LogP contribution in [0.15, 0.2) is 29.6 Å². The second-order valence-corrected chi connectivity index (χ2v) is 7.60. The SMILES string of the molecule is O=C(Nc1ccc(N2CCOCC2)cc1)c1csc(C2CCCNC2)n1. The number of ether oxygens (including phenoxy) is 1. The van der Waals surface area contributed by atoms with Gasteiger partial charge in [0.05, 0.1) is 18.2 Å². The summed E-state index contributed by atoms with van der Waals surface area (Å²) < 4.78 is 5.38. The van der Waals surface area contributed by atoms with Gasteiger partial charge in [-0.2, -0.15) is 0 Å². The van der Waals surface area contributed by atoms with Crippen LogP contribution in [0, 0.1) is 0 Å². The Morgan fingerprint density at radius 3 is 2.81 bits per heavy atom. The van der Waals surface area contributed by atoms with E-state index >= 15 is 0 Å². The van der Waals surface area contributed by atoms with Gasteiger partial charge in [0, 0.05) is 42.3 Å². The number of thiazole rings is 1. The molecule has 0 bridgehead atoms. The summed E-state index contributed by atoms with van der Waals surface area (Å²) in [5.74, 6) is 0.290. The molecular weight excluding hydrogens is 348 g/mol. The molecule has 26 heavy (non-hydrogen) atoms. The number of benzene rings is 1. The summed E-state index contributed by atoms with van der Waals surface area (Å²) in [4.78, 5) is 19.3. The topological polar surface area (TPSA) is 66.5 Å². The van der Waals surface area contributed by atoms with Crippen molar-refractivity contribution in [3.05, 3.63) is 40.3 Å². The van der Waals surface area contributed by atoms with Crippen LogP contribution in [-0.2, 0) is 4.74 Å². The quantitative estimate of drug-likeness (QED) is 0.864. The third-order valence-electron chi connectivity index (χ3n) is 4.90. The third-order valence-corrected chi connectivity index (χ3v) is 5.91. The lowest BCUT2D eigenvalue weighted by atomic mass is 10.0. The highest BCUT2D eigenvalue weighted by molar-refractivity contribution is 7.10. The minimum absolute atomic E-state index is 0.143. The van der Waals surface area contributed by atoms with Crippen molar-refractivity contribution in [2.75, 3.05) is 49.6 Å². The number of anilines is 2. The lowest BCUT2D eigenvalue weighted by molar-refractivity contribution is 0.102. The maximum Gasteiger partial charge on any atom is 0.275 e. The van der Waals surface area contributed by atoms with Gasteiger partial charge < -0.3 is 20.3 Å². The van der Waals surface area contributed by atoms with Crippen molar-refractivity contribution in [3.8, 4) is 0 Å². The maximum absolute atomic E-state index is 12.5. The second-order valence-electron chi connectivity index (χ2n) is 6.71. The van der Waals surface area contributed by atoms with E-state index < -0.39 is 0 Å². The van der Waals surface area contributed by atoms with Crippen LogP contribution < -0.4 is 15.5 Å². The van der Waals surface area contributed by atoms with Crippen molar-refractivity contribution in [2.45, 2.75) is 18.8 Å². The lowest BCUT2D eigenvalue weighted by Gasteiger charge is -2.28. The molecule has 0 saturated carbocycles. The number of hydrogen-bond donors (Lipinski definition) is 2. The Labute approximate surface area is 157 Å². The van der Waals surface area contributed by atoms with Crippen LogP contribution in [0.4, 0.5) is 11.4 Å². The Morgan fingerprint density at radius 1 is 1.27 bits per heavy atom. The van der Waals surface area contributed by atoms with Gasteiger partial charge in [-0.1, -0.05) is 0 Å². The zero-order chi connectivity index (χ0) is 17.8. The number of amides is 1. The standard InChI is InChI=1S/C19H24N4O2S/c24-18(17-13-26-19(22-17)14-2-1-7-20-12-14)21-15-3-5-16(6-4-15)23-8-10-25-11-9-23/h3-6,13-14,20H,1-2,7-12H2,(H,21,24). The van der Waals surface area contributed by atoms with Gasteiger partial charge in [0.2, 0.25) is 0 Å². The van der Waals surface area contributed by atoms with Crippen molar-refractivity contribution in [2.24, 2.45) is 0 Å². The van der Waals surface area contributed by atoms with Crippen LogP contribution in [0.25, 0.3) is 0 Å². The third kappa shape index (κ3) is 4.06.